The van der Waals surface area contributed by atoms with Crippen LogP contribution in [-0.2, 0) is 17.1 Å². The van der Waals surface area contributed by atoms with Crippen molar-refractivity contribution in [2.45, 2.75) is 67.7 Å². The Bertz CT molecular complexity index is 1220. The van der Waals surface area contributed by atoms with Gasteiger partial charge in [-0.15, -0.1) is 0 Å². The Hall–Kier alpha value is -2.89. The van der Waals surface area contributed by atoms with Crippen LogP contribution in [0, 0.1) is 11.3 Å². The second-order valence-corrected chi connectivity index (χ2v) is 11.1. The Morgan fingerprint density at radius 3 is 2.60 bits per heavy atom. The van der Waals surface area contributed by atoms with Crippen LogP contribution in [0.15, 0.2) is 23.7 Å². The first-order valence-corrected chi connectivity index (χ1v) is 12.6. The largest absolute Gasteiger partial charge is 0.470 e. The number of piperidine rings is 1. The maximum Gasteiger partial charge on any atom is 0.262 e. The highest BCUT2D eigenvalue weighted by molar-refractivity contribution is 7.89. The molecule has 2 fully saturated rings. The highest BCUT2D eigenvalue weighted by atomic mass is 32.2. The summed E-state index contributed by atoms with van der Waals surface area (Å²) in [5, 5.41) is 23.0. The van der Waals surface area contributed by atoms with Crippen LogP contribution in [0.4, 0.5) is 14.7 Å². The lowest BCUT2D eigenvalue weighted by Gasteiger charge is -2.40. The Balaban J connectivity index is 1.41. The van der Waals surface area contributed by atoms with E-state index in [4.69, 9.17) is 4.74 Å². The molecule has 0 aromatic carbocycles. The molecule has 1 saturated heterocycles. The maximum absolute atomic E-state index is 13.7. The second-order valence-electron chi connectivity index (χ2n) is 9.26. The quantitative estimate of drug-likeness (QED) is 0.591. The summed E-state index contributed by atoms with van der Waals surface area (Å²) in [6, 6.07) is 1.77. The number of alkyl halides is 2. The van der Waals surface area contributed by atoms with Gasteiger partial charge in [-0.1, -0.05) is 0 Å². The predicted octanol–water partition coefficient (Wildman–Crippen LogP) is 1.66. The van der Waals surface area contributed by atoms with Crippen molar-refractivity contribution >= 4 is 16.0 Å². The first-order valence-electron chi connectivity index (χ1n) is 11.2. The smallest absolute Gasteiger partial charge is 0.262 e. The summed E-state index contributed by atoms with van der Waals surface area (Å²) in [7, 11) is -1.98. The minimum Gasteiger partial charge on any atom is -0.470 e. The van der Waals surface area contributed by atoms with E-state index in [1.807, 2.05) is 6.07 Å². The van der Waals surface area contributed by atoms with Crippen LogP contribution in [-0.4, -0.2) is 74.1 Å². The molecule has 2 aromatic rings. The minimum atomic E-state index is -3.68. The summed E-state index contributed by atoms with van der Waals surface area (Å²) in [5.41, 5.74) is -1.78. The van der Waals surface area contributed by atoms with Gasteiger partial charge in [0.25, 0.3) is 15.9 Å². The summed E-state index contributed by atoms with van der Waals surface area (Å²) in [6.45, 7) is 1.83. The van der Waals surface area contributed by atoms with Gasteiger partial charge in [0.15, 0.2) is 5.03 Å². The van der Waals surface area contributed by atoms with Gasteiger partial charge in [-0.25, -0.2) is 27.2 Å². The summed E-state index contributed by atoms with van der Waals surface area (Å²) in [6.07, 6.45) is 2.87. The molecule has 11 nitrogen and oxygen atoms in total. The molecule has 1 aliphatic heterocycles. The Kier molecular flexibility index (Phi) is 6.69. The summed E-state index contributed by atoms with van der Waals surface area (Å²) >= 11 is 0. The molecule has 0 bridgehead atoms. The molecule has 2 N–H and O–H groups in total. The van der Waals surface area contributed by atoms with E-state index in [9.17, 15) is 27.6 Å². The van der Waals surface area contributed by atoms with E-state index in [1.54, 1.807) is 11.6 Å². The van der Waals surface area contributed by atoms with Crippen molar-refractivity contribution in [1.29, 1.82) is 5.26 Å². The van der Waals surface area contributed by atoms with Gasteiger partial charge in [-0.3, -0.25) is 0 Å². The Morgan fingerprint density at radius 2 is 2.00 bits per heavy atom. The fraction of sp³-hybridized carbons (Fsp3) is 0.619. The molecule has 35 heavy (non-hydrogen) atoms. The zero-order valence-electron chi connectivity index (χ0n) is 19.4. The van der Waals surface area contributed by atoms with E-state index in [-0.39, 0.29) is 48.0 Å². The maximum atomic E-state index is 13.7. The summed E-state index contributed by atoms with van der Waals surface area (Å²) in [5.74, 6) is -2.93. The van der Waals surface area contributed by atoms with E-state index >= 15 is 0 Å². The number of imidazole rings is 1. The average Bonchev–Trinajstić information content (AvgIpc) is 3.23. The van der Waals surface area contributed by atoms with Gasteiger partial charge < -0.3 is 19.7 Å². The van der Waals surface area contributed by atoms with Crippen molar-refractivity contribution < 1.29 is 27.0 Å². The summed E-state index contributed by atoms with van der Waals surface area (Å²) in [4.78, 5) is 12.3. The van der Waals surface area contributed by atoms with E-state index in [2.05, 4.69) is 20.3 Å². The molecule has 2 aliphatic rings. The number of sulfonamides is 1. The van der Waals surface area contributed by atoms with Crippen LogP contribution in [0.25, 0.3) is 0 Å². The zero-order valence-corrected chi connectivity index (χ0v) is 20.2. The number of anilines is 1. The molecule has 0 radical (unpaired) electrons. The number of aromatic nitrogens is 4. The zero-order chi connectivity index (χ0) is 25.4. The third-order valence-corrected chi connectivity index (χ3v) is 8.07. The third-order valence-electron chi connectivity index (χ3n) is 6.28. The van der Waals surface area contributed by atoms with Crippen LogP contribution in [0.3, 0.4) is 0 Å². The van der Waals surface area contributed by atoms with Gasteiger partial charge in [0.2, 0.25) is 11.8 Å². The van der Waals surface area contributed by atoms with E-state index < -0.39 is 40.5 Å². The number of nitrogens with zero attached hydrogens (tertiary/aromatic N) is 6. The molecule has 190 valence electrons. The molecule has 2 aromatic heterocycles. The lowest BCUT2D eigenvalue weighted by Crippen LogP contribution is -2.51. The van der Waals surface area contributed by atoms with Crippen LogP contribution < -0.4 is 10.1 Å². The van der Waals surface area contributed by atoms with Crippen molar-refractivity contribution in [2.24, 2.45) is 7.05 Å². The first kappa shape index (κ1) is 25.2. The molecule has 1 aliphatic carbocycles. The highest BCUT2D eigenvalue weighted by Gasteiger charge is 2.49. The molecule has 0 amide bonds. The molecule has 2 unspecified atom stereocenters. The molecule has 14 heteroatoms. The number of aryl methyl sites for hydroxylation is 1. The molecular weight excluding hydrogens is 484 g/mol. The Morgan fingerprint density at radius 1 is 1.29 bits per heavy atom. The predicted molar refractivity (Wildman–Crippen MR) is 119 cm³/mol. The minimum absolute atomic E-state index is 0.0000149. The molecule has 2 atom stereocenters. The van der Waals surface area contributed by atoms with Crippen LogP contribution >= 0.6 is 0 Å². The average molecular weight is 512 g/mol. The van der Waals surface area contributed by atoms with Crippen LogP contribution in [0.5, 0.6) is 5.88 Å². The van der Waals surface area contributed by atoms with Gasteiger partial charge in [-0.05, 0) is 26.2 Å². The van der Waals surface area contributed by atoms with Crippen molar-refractivity contribution in [2.75, 3.05) is 18.4 Å². The Labute approximate surface area is 201 Å². The van der Waals surface area contributed by atoms with Crippen molar-refractivity contribution in [1.82, 2.24) is 23.8 Å². The molecule has 4 rings (SSSR count). The molecule has 1 saturated carbocycles. The number of nitrogens with one attached hydrogen (secondary N) is 1. The normalized spacial score (nSPS) is 25.7. The number of hydrogen-bond acceptors (Lipinski definition) is 9. The second kappa shape index (κ2) is 9.29. The van der Waals surface area contributed by atoms with E-state index in [0.717, 1.165) is 0 Å². The lowest BCUT2D eigenvalue weighted by atomic mass is 9.81. The highest BCUT2D eigenvalue weighted by Crippen LogP contribution is 2.41. The number of nitriles is 1. The van der Waals surface area contributed by atoms with Gasteiger partial charge in [0.05, 0.1) is 12.5 Å². The lowest BCUT2D eigenvalue weighted by molar-refractivity contribution is -0.162. The number of hydrogen-bond donors (Lipinski definition) is 2. The van der Waals surface area contributed by atoms with Crippen molar-refractivity contribution in [3.63, 3.8) is 0 Å². The molecule has 0 spiro atoms. The van der Waals surface area contributed by atoms with E-state index in [1.165, 1.54) is 29.9 Å². The van der Waals surface area contributed by atoms with Crippen molar-refractivity contribution in [3.05, 3.63) is 24.3 Å². The number of rotatable bonds is 6. The number of halogens is 2. The number of ether oxygens (including phenoxy) is 1. The van der Waals surface area contributed by atoms with Crippen LogP contribution in [0.2, 0.25) is 0 Å². The third kappa shape index (κ3) is 5.52. The van der Waals surface area contributed by atoms with E-state index in [0.29, 0.717) is 12.8 Å². The SMILES string of the molecule is Cn1cnc(S(=O)(=O)N2CCC(Nc3ncc(C#N)c(OC4CCC(F)(F)CC4(C)O)n3)CC2)c1. The summed E-state index contributed by atoms with van der Waals surface area (Å²) < 4.78 is 61.7. The first-order chi connectivity index (χ1) is 16.4. The molecular formula is C21H27F2N7O4S. The van der Waals surface area contributed by atoms with Gasteiger partial charge in [0, 0.05) is 45.2 Å². The van der Waals surface area contributed by atoms with Crippen molar-refractivity contribution in [3.8, 4) is 11.9 Å². The topological polar surface area (TPSA) is 146 Å². The fourth-order valence-electron chi connectivity index (χ4n) is 4.38. The number of aliphatic hydroxyl groups is 1. The standard InChI is InChI=1S/C21H27F2N7O4S/c1-20(31)12-21(22,23)6-3-16(20)34-18-14(9-24)10-25-19(28-18)27-15-4-7-30(8-5-15)35(32,33)17-11-29(2)13-26-17/h10-11,13,15-16,31H,3-8,12H2,1-2H3,(H,25,27,28). The van der Waals surface area contributed by atoms with Crippen LogP contribution in [0.1, 0.15) is 44.6 Å². The monoisotopic (exact) mass is 511 g/mol. The fourth-order valence-corrected chi connectivity index (χ4v) is 5.82. The van der Waals surface area contributed by atoms with Gasteiger partial charge in [0.1, 0.15) is 23.3 Å². The molecule has 3 heterocycles. The van der Waals surface area contributed by atoms with Gasteiger partial charge >= 0.3 is 0 Å². The van der Waals surface area contributed by atoms with Gasteiger partial charge in [-0.2, -0.15) is 14.6 Å².